The van der Waals surface area contributed by atoms with E-state index in [9.17, 15) is 9.18 Å². The van der Waals surface area contributed by atoms with Gasteiger partial charge in [0.2, 0.25) is 5.91 Å². The van der Waals surface area contributed by atoms with Gasteiger partial charge in [-0.3, -0.25) is 9.89 Å². The fourth-order valence-corrected chi connectivity index (χ4v) is 3.29. The number of aromatic nitrogens is 2. The van der Waals surface area contributed by atoms with Crippen molar-refractivity contribution in [2.45, 2.75) is 25.9 Å². The first-order valence-corrected chi connectivity index (χ1v) is 8.42. The van der Waals surface area contributed by atoms with Crippen molar-refractivity contribution >= 4 is 11.7 Å². The van der Waals surface area contributed by atoms with E-state index < -0.39 is 0 Å². The van der Waals surface area contributed by atoms with Gasteiger partial charge in [-0.2, -0.15) is 5.10 Å². The van der Waals surface area contributed by atoms with Crippen LogP contribution in [0.15, 0.2) is 48.5 Å². The number of rotatable bonds is 4. The topological polar surface area (TPSA) is 67.0 Å². The quantitative estimate of drug-likeness (QED) is 0.749. The Kier molecular flexibility index (Phi) is 4.16. The third-order valence-corrected chi connectivity index (χ3v) is 4.62. The standard InChI is InChI=1S/C20H18FN3O2/c1-12-19-16(10-18(25)22-20(19)24-23-12)13-6-8-15(9-7-13)26-11-14-4-2-3-5-17(14)21/h2-9,16H,10-11H2,1H3,(H2,22,23,24,25)/t16-/m1/s1. The van der Waals surface area contributed by atoms with Crippen molar-refractivity contribution in [2.24, 2.45) is 0 Å². The fourth-order valence-electron chi connectivity index (χ4n) is 3.29. The van der Waals surface area contributed by atoms with Crippen LogP contribution >= 0.6 is 0 Å². The van der Waals surface area contributed by atoms with E-state index in [4.69, 9.17) is 4.74 Å². The Balaban J connectivity index is 1.52. The molecule has 0 bridgehead atoms. The van der Waals surface area contributed by atoms with Crippen molar-refractivity contribution in [2.75, 3.05) is 5.32 Å². The normalized spacial score (nSPS) is 16.1. The van der Waals surface area contributed by atoms with E-state index in [0.717, 1.165) is 16.8 Å². The molecule has 1 aliphatic rings. The van der Waals surface area contributed by atoms with Gasteiger partial charge >= 0.3 is 0 Å². The Morgan fingerprint density at radius 1 is 1.19 bits per heavy atom. The predicted octanol–water partition coefficient (Wildman–Crippen LogP) is 3.91. The lowest BCUT2D eigenvalue weighted by Crippen LogP contribution is -2.23. The highest BCUT2D eigenvalue weighted by Gasteiger charge is 2.30. The summed E-state index contributed by atoms with van der Waals surface area (Å²) >= 11 is 0. The molecule has 3 aromatic rings. The molecule has 132 valence electrons. The zero-order chi connectivity index (χ0) is 18.1. The zero-order valence-corrected chi connectivity index (χ0v) is 14.3. The van der Waals surface area contributed by atoms with Crippen molar-refractivity contribution in [3.63, 3.8) is 0 Å². The first-order valence-electron chi connectivity index (χ1n) is 8.42. The van der Waals surface area contributed by atoms with Crippen molar-refractivity contribution in [3.8, 4) is 5.75 Å². The number of halogens is 1. The minimum Gasteiger partial charge on any atom is -0.489 e. The van der Waals surface area contributed by atoms with E-state index in [0.29, 0.717) is 23.6 Å². The predicted molar refractivity (Wildman–Crippen MR) is 95.6 cm³/mol. The maximum atomic E-state index is 13.7. The number of amides is 1. The first kappa shape index (κ1) is 16.3. The van der Waals surface area contributed by atoms with E-state index in [1.165, 1.54) is 6.07 Å². The van der Waals surface area contributed by atoms with Crippen LogP contribution in [-0.2, 0) is 11.4 Å². The number of carbonyl (C=O) groups excluding carboxylic acids is 1. The number of carbonyl (C=O) groups is 1. The molecule has 1 aromatic heterocycles. The van der Waals surface area contributed by atoms with Gasteiger partial charge in [0.15, 0.2) is 5.82 Å². The molecule has 2 N–H and O–H groups in total. The van der Waals surface area contributed by atoms with Gasteiger partial charge in [-0.25, -0.2) is 4.39 Å². The minimum atomic E-state index is -0.277. The number of H-pyrrole nitrogens is 1. The van der Waals surface area contributed by atoms with Gasteiger partial charge in [-0.1, -0.05) is 30.3 Å². The molecule has 4 rings (SSSR count). The van der Waals surface area contributed by atoms with Gasteiger partial charge in [-0.05, 0) is 30.7 Å². The number of aromatic amines is 1. The molecule has 0 radical (unpaired) electrons. The molecular formula is C20H18FN3O2. The van der Waals surface area contributed by atoms with Gasteiger partial charge in [0.1, 0.15) is 18.2 Å². The number of nitrogens with zero attached hydrogens (tertiary/aromatic N) is 1. The number of benzene rings is 2. The molecule has 5 nitrogen and oxygen atoms in total. The second-order valence-corrected chi connectivity index (χ2v) is 6.36. The van der Waals surface area contributed by atoms with Crippen molar-refractivity contribution in [3.05, 3.63) is 76.7 Å². The van der Waals surface area contributed by atoms with E-state index in [1.807, 2.05) is 31.2 Å². The molecule has 0 spiro atoms. The maximum absolute atomic E-state index is 13.7. The average Bonchev–Trinajstić information content (AvgIpc) is 3.01. The lowest BCUT2D eigenvalue weighted by Gasteiger charge is -2.23. The third kappa shape index (κ3) is 3.06. The van der Waals surface area contributed by atoms with Crippen LogP contribution in [-0.4, -0.2) is 16.1 Å². The lowest BCUT2D eigenvalue weighted by molar-refractivity contribution is -0.116. The van der Waals surface area contributed by atoms with Crippen molar-refractivity contribution in [1.82, 2.24) is 10.2 Å². The number of hydrogen-bond donors (Lipinski definition) is 2. The first-order chi connectivity index (χ1) is 12.6. The molecule has 2 heterocycles. The Morgan fingerprint density at radius 3 is 2.73 bits per heavy atom. The van der Waals surface area contributed by atoms with Crippen molar-refractivity contribution in [1.29, 1.82) is 0 Å². The number of hydrogen-bond acceptors (Lipinski definition) is 3. The molecular weight excluding hydrogens is 333 g/mol. The van der Waals surface area contributed by atoms with Crippen LogP contribution in [0.1, 0.15) is 34.7 Å². The second kappa shape index (κ2) is 6.63. The highest BCUT2D eigenvalue weighted by atomic mass is 19.1. The lowest BCUT2D eigenvalue weighted by atomic mass is 9.86. The highest BCUT2D eigenvalue weighted by Crippen LogP contribution is 2.38. The molecule has 0 aliphatic carbocycles. The van der Waals surface area contributed by atoms with Crippen LogP contribution in [0.4, 0.5) is 10.2 Å². The Hall–Kier alpha value is -3.15. The molecule has 2 aromatic carbocycles. The minimum absolute atomic E-state index is 0.0434. The van der Waals surface area contributed by atoms with Crippen LogP contribution < -0.4 is 10.1 Å². The summed E-state index contributed by atoms with van der Waals surface area (Å²) in [5.41, 5.74) is 3.50. The summed E-state index contributed by atoms with van der Waals surface area (Å²) in [4.78, 5) is 12.0. The van der Waals surface area contributed by atoms with Crippen LogP contribution in [0.5, 0.6) is 5.75 Å². The Morgan fingerprint density at radius 2 is 1.96 bits per heavy atom. The van der Waals surface area contributed by atoms with Crippen LogP contribution in [0, 0.1) is 12.7 Å². The van der Waals surface area contributed by atoms with E-state index in [2.05, 4.69) is 15.5 Å². The zero-order valence-electron chi connectivity index (χ0n) is 14.3. The average molecular weight is 351 g/mol. The largest absolute Gasteiger partial charge is 0.489 e. The van der Waals surface area contributed by atoms with Gasteiger partial charge in [0, 0.05) is 29.2 Å². The fraction of sp³-hybridized carbons (Fsp3) is 0.200. The van der Waals surface area contributed by atoms with Crippen LogP contribution in [0.2, 0.25) is 0 Å². The summed E-state index contributed by atoms with van der Waals surface area (Å²) < 4.78 is 19.3. The van der Waals surface area contributed by atoms with Crippen LogP contribution in [0.3, 0.4) is 0 Å². The molecule has 0 saturated heterocycles. The maximum Gasteiger partial charge on any atom is 0.226 e. The monoisotopic (exact) mass is 351 g/mol. The smallest absolute Gasteiger partial charge is 0.226 e. The Labute approximate surface area is 150 Å². The van der Waals surface area contributed by atoms with Gasteiger partial charge in [0.05, 0.1) is 0 Å². The van der Waals surface area contributed by atoms with E-state index in [-0.39, 0.29) is 24.2 Å². The molecule has 1 amide bonds. The highest BCUT2D eigenvalue weighted by molar-refractivity contribution is 5.94. The summed E-state index contributed by atoms with van der Waals surface area (Å²) in [6.45, 7) is 2.12. The molecule has 1 aliphatic heterocycles. The summed E-state index contributed by atoms with van der Waals surface area (Å²) in [6, 6.07) is 14.1. The summed E-state index contributed by atoms with van der Waals surface area (Å²) in [7, 11) is 0. The number of ether oxygens (including phenoxy) is 1. The van der Waals surface area contributed by atoms with Crippen LogP contribution in [0.25, 0.3) is 0 Å². The molecule has 0 saturated carbocycles. The third-order valence-electron chi connectivity index (χ3n) is 4.62. The number of aryl methyl sites for hydroxylation is 1. The SMILES string of the molecule is Cc1[nH]nc2c1[C@@H](c1ccc(OCc3ccccc3F)cc1)CC(=O)N2. The number of anilines is 1. The summed E-state index contributed by atoms with van der Waals surface area (Å²) in [6.07, 6.45) is 0.378. The summed E-state index contributed by atoms with van der Waals surface area (Å²) in [5, 5.41) is 9.88. The van der Waals surface area contributed by atoms with Gasteiger partial charge < -0.3 is 10.1 Å². The molecule has 1 atom stereocenters. The molecule has 6 heteroatoms. The molecule has 0 unspecified atom stereocenters. The molecule has 0 fully saturated rings. The van der Waals surface area contributed by atoms with Crippen molar-refractivity contribution < 1.29 is 13.9 Å². The Bertz CT molecular complexity index is 950. The summed E-state index contributed by atoms with van der Waals surface area (Å²) in [5.74, 6) is 0.886. The van der Waals surface area contributed by atoms with E-state index >= 15 is 0 Å². The van der Waals surface area contributed by atoms with Gasteiger partial charge in [0.25, 0.3) is 0 Å². The van der Waals surface area contributed by atoms with Gasteiger partial charge in [-0.15, -0.1) is 0 Å². The van der Waals surface area contributed by atoms with E-state index in [1.54, 1.807) is 18.2 Å². The number of nitrogens with one attached hydrogen (secondary N) is 2. The number of fused-ring (bicyclic) bond motifs is 1. The molecule has 26 heavy (non-hydrogen) atoms. The second-order valence-electron chi connectivity index (χ2n) is 6.36.